The number of nitrogens with zero attached hydrogens (tertiary/aromatic N) is 3. The second kappa shape index (κ2) is 8.37. The first-order valence-electron chi connectivity index (χ1n) is 9.85. The van der Waals surface area contributed by atoms with Crippen LogP contribution < -0.4 is 0 Å². The average molecular weight is 372 g/mol. The van der Waals surface area contributed by atoms with Gasteiger partial charge in [-0.3, -0.25) is 4.79 Å². The highest BCUT2D eigenvalue weighted by molar-refractivity contribution is 5.78. The zero-order valence-electron chi connectivity index (χ0n) is 15.6. The Kier molecular flexibility index (Phi) is 5.71. The monoisotopic (exact) mass is 372 g/mol. The lowest BCUT2D eigenvalue weighted by atomic mass is 9.96. The van der Waals surface area contributed by atoms with Gasteiger partial charge >= 0.3 is 0 Å². The Labute approximate surface area is 159 Å². The number of likely N-dealkylation sites (tertiary alicyclic amines) is 2. The maximum absolute atomic E-state index is 12.5. The van der Waals surface area contributed by atoms with Gasteiger partial charge in [0.05, 0.1) is 11.0 Å². The summed E-state index contributed by atoms with van der Waals surface area (Å²) in [6.07, 6.45) is 2.52. The van der Waals surface area contributed by atoms with E-state index >= 15 is 0 Å². The maximum Gasteiger partial charge on any atom is 0.248 e. The molecule has 2 N–H and O–H groups in total. The summed E-state index contributed by atoms with van der Waals surface area (Å²) >= 11 is 0. The highest BCUT2D eigenvalue weighted by Gasteiger charge is 2.36. The van der Waals surface area contributed by atoms with Gasteiger partial charge in [0.2, 0.25) is 5.91 Å². The predicted octanol–water partition coefficient (Wildman–Crippen LogP) is 1.24. The molecule has 7 heteroatoms. The average Bonchev–Trinajstić information content (AvgIpc) is 3.41. The molecule has 2 saturated heterocycles. The van der Waals surface area contributed by atoms with Crippen molar-refractivity contribution in [2.24, 2.45) is 11.8 Å². The van der Waals surface area contributed by atoms with E-state index in [4.69, 9.17) is 4.74 Å². The quantitative estimate of drug-likeness (QED) is 0.764. The normalized spacial score (nSPS) is 23.5. The minimum absolute atomic E-state index is 0.00603. The Morgan fingerprint density at radius 2 is 2.00 bits per heavy atom. The van der Waals surface area contributed by atoms with Gasteiger partial charge in [0, 0.05) is 32.2 Å². The van der Waals surface area contributed by atoms with Crippen LogP contribution in [0.5, 0.6) is 0 Å². The number of nitrogens with one attached hydrogen (secondary N) is 1. The van der Waals surface area contributed by atoms with Crippen molar-refractivity contribution in [2.75, 3.05) is 45.9 Å². The molecule has 4 rings (SSSR count). The fourth-order valence-corrected chi connectivity index (χ4v) is 4.25. The molecule has 2 aliphatic heterocycles. The number of aliphatic hydroxyl groups excluding tert-OH is 1. The molecule has 0 bridgehead atoms. The van der Waals surface area contributed by atoms with Crippen LogP contribution in [0.25, 0.3) is 11.0 Å². The Morgan fingerprint density at radius 1 is 1.22 bits per heavy atom. The van der Waals surface area contributed by atoms with Crippen LogP contribution in [-0.4, -0.2) is 76.7 Å². The summed E-state index contributed by atoms with van der Waals surface area (Å²) in [6.45, 7) is 5.08. The molecule has 0 spiro atoms. The van der Waals surface area contributed by atoms with E-state index in [9.17, 15) is 9.90 Å². The van der Waals surface area contributed by atoms with Gasteiger partial charge in [-0.15, -0.1) is 0 Å². The van der Waals surface area contributed by atoms with E-state index in [0.29, 0.717) is 19.0 Å². The minimum atomic E-state index is -0.00603. The SMILES string of the molecule is O=C(COCc1nc2ccccc2[nH]1)N1C[C@@H](CN2CCCC2)[C@@H](CO)C1. The van der Waals surface area contributed by atoms with Crippen LogP contribution >= 0.6 is 0 Å². The number of hydrogen-bond acceptors (Lipinski definition) is 5. The number of rotatable bonds is 7. The predicted molar refractivity (Wildman–Crippen MR) is 102 cm³/mol. The Bertz CT molecular complexity index is 738. The molecule has 0 aliphatic carbocycles. The summed E-state index contributed by atoms with van der Waals surface area (Å²) in [6, 6.07) is 7.82. The molecule has 3 heterocycles. The summed E-state index contributed by atoms with van der Waals surface area (Å²) < 4.78 is 5.60. The van der Waals surface area contributed by atoms with Crippen molar-refractivity contribution in [3.8, 4) is 0 Å². The van der Waals surface area contributed by atoms with E-state index < -0.39 is 0 Å². The zero-order valence-corrected chi connectivity index (χ0v) is 15.6. The summed E-state index contributed by atoms with van der Waals surface area (Å²) in [4.78, 5) is 24.5. The van der Waals surface area contributed by atoms with Gasteiger partial charge in [-0.25, -0.2) is 4.98 Å². The number of amides is 1. The molecular weight excluding hydrogens is 344 g/mol. The number of H-pyrrole nitrogens is 1. The van der Waals surface area contributed by atoms with Gasteiger partial charge in [-0.1, -0.05) is 12.1 Å². The second-order valence-electron chi connectivity index (χ2n) is 7.70. The number of para-hydroxylation sites is 2. The van der Waals surface area contributed by atoms with Crippen molar-refractivity contribution >= 4 is 16.9 Å². The van der Waals surface area contributed by atoms with Crippen molar-refractivity contribution in [1.29, 1.82) is 0 Å². The van der Waals surface area contributed by atoms with Crippen LogP contribution in [-0.2, 0) is 16.1 Å². The minimum Gasteiger partial charge on any atom is -0.396 e. The van der Waals surface area contributed by atoms with Crippen molar-refractivity contribution in [2.45, 2.75) is 19.4 Å². The first kappa shape index (κ1) is 18.4. The third-order valence-electron chi connectivity index (χ3n) is 5.76. The number of aromatic nitrogens is 2. The number of aromatic amines is 1. The smallest absolute Gasteiger partial charge is 0.248 e. The summed E-state index contributed by atoms with van der Waals surface area (Å²) in [7, 11) is 0. The standard InChI is InChI=1S/C20H28N4O3/c25-12-16-11-24(10-15(16)9-23-7-3-4-8-23)20(26)14-27-13-19-21-17-5-1-2-6-18(17)22-19/h1-2,5-6,15-16,25H,3-4,7-14H2,(H,21,22)/t15-,16-/m1/s1. The Morgan fingerprint density at radius 3 is 2.78 bits per heavy atom. The van der Waals surface area contributed by atoms with E-state index in [2.05, 4.69) is 14.9 Å². The van der Waals surface area contributed by atoms with E-state index in [1.807, 2.05) is 29.2 Å². The highest BCUT2D eigenvalue weighted by Crippen LogP contribution is 2.25. The first-order valence-corrected chi connectivity index (χ1v) is 9.85. The highest BCUT2D eigenvalue weighted by atomic mass is 16.5. The largest absolute Gasteiger partial charge is 0.396 e. The molecule has 27 heavy (non-hydrogen) atoms. The lowest BCUT2D eigenvalue weighted by Crippen LogP contribution is -2.34. The summed E-state index contributed by atoms with van der Waals surface area (Å²) in [5.41, 5.74) is 1.87. The van der Waals surface area contributed by atoms with Gasteiger partial charge in [-0.2, -0.15) is 0 Å². The van der Waals surface area contributed by atoms with Gasteiger partial charge in [0.1, 0.15) is 19.0 Å². The van der Waals surface area contributed by atoms with Gasteiger partial charge in [0.15, 0.2) is 0 Å². The first-order chi connectivity index (χ1) is 13.2. The second-order valence-corrected chi connectivity index (χ2v) is 7.70. The van der Waals surface area contributed by atoms with E-state index in [1.165, 1.54) is 12.8 Å². The van der Waals surface area contributed by atoms with Crippen molar-refractivity contribution in [1.82, 2.24) is 19.8 Å². The number of fused-ring (bicyclic) bond motifs is 1. The van der Waals surface area contributed by atoms with Crippen LogP contribution in [0.3, 0.4) is 0 Å². The molecule has 2 aromatic rings. The third kappa shape index (κ3) is 4.31. The summed E-state index contributed by atoms with van der Waals surface area (Å²) in [5.74, 6) is 1.25. The lowest BCUT2D eigenvalue weighted by Gasteiger charge is -2.22. The molecule has 0 saturated carbocycles. The lowest BCUT2D eigenvalue weighted by molar-refractivity contribution is -0.135. The van der Waals surface area contributed by atoms with Crippen LogP contribution in [0, 0.1) is 11.8 Å². The molecule has 1 amide bonds. The molecule has 1 aromatic carbocycles. The van der Waals surface area contributed by atoms with E-state index in [1.54, 1.807) is 0 Å². The molecule has 146 valence electrons. The van der Waals surface area contributed by atoms with Crippen LogP contribution in [0.2, 0.25) is 0 Å². The molecule has 1 aromatic heterocycles. The fraction of sp³-hybridized carbons (Fsp3) is 0.600. The van der Waals surface area contributed by atoms with Gasteiger partial charge in [-0.05, 0) is 44.0 Å². The van der Waals surface area contributed by atoms with Gasteiger partial charge < -0.3 is 24.6 Å². The van der Waals surface area contributed by atoms with Crippen molar-refractivity contribution in [3.63, 3.8) is 0 Å². The topological polar surface area (TPSA) is 81.7 Å². The van der Waals surface area contributed by atoms with Gasteiger partial charge in [0.25, 0.3) is 0 Å². The molecule has 0 radical (unpaired) electrons. The van der Waals surface area contributed by atoms with E-state index in [0.717, 1.165) is 36.5 Å². The number of carbonyl (C=O) groups is 1. The summed E-state index contributed by atoms with van der Waals surface area (Å²) in [5, 5.41) is 9.70. The zero-order chi connectivity index (χ0) is 18.6. The van der Waals surface area contributed by atoms with Crippen LogP contribution in [0.15, 0.2) is 24.3 Å². The number of imidazole rings is 1. The molecule has 2 aliphatic rings. The molecule has 2 fully saturated rings. The number of ether oxygens (including phenoxy) is 1. The number of hydrogen-bond donors (Lipinski definition) is 2. The molecule has 0 unspecified atom stereocenters. The van der Waals surface area contributed by atoms with E-state index in [-0.39, 0.29) is 31.6 Å². The van der Waals surface area contributed by atoms with Crippen molar-refractivity contribution < 1.29 is 14.6 Å². The van der Waals surface area contributed by atoms with Crippen LogP contribution in [0.4, 0.5) is 0 Å². The van der Waals surface area contributed by atoms with Crippen molar-refractivity contribution in [3.05, 3.63) is 30.1 Å². The molecular formula is C20H28N4O3. The Balaban J connectivity index is 1.26. The maximum atomic E-state index is 12.5. The number of aliphatic hydroxyl groups is 1. The van der Waals surface area contributed by atoms with Crippen LogP contribution in [0.1, 0.15) is 18.7 Å². The Hall–Kier alpha value is -1.96. The molecule has 2 atom stereocenters. The molecule has 7 nitrogen and oxygen atoms in total. The number of benzene rings is 1. The third-order valence-corrected chi connectivity index (χ3v) is 5.76. The fourth-order valence-electron chi connectivity index (χ4n) is 4.25. The number of carbonyl (C=O) groups excluding carboxylic acids is 1.